The molecular weight excluding hydrogens is 370 g/mol. The first-order valence-electron chi connectivity index (χ1n) is 9.10. The van der Waals surface area contributed by atoms with E-state index in [-0.39, 0.29) is 12.5 Å². The number of anilines is 1. The largest absolute Gasteiger partial charge is 0.462 e. The quantitative estimate of drug-likeness (QED) is 0.594. The molecule has 3 rings (SSSR count). The van der Waals surface area contributed by atoms with Crippen molar-refractivity contribution in [3.05, 3.63) is 83.6 Å². The average molecular weight is 391 g/mol. The number of nitrogens with zero attached hydrogens (tertiary/aromatic N) is 1. The maximum atomic E-state index is 12.6. The van der Waals surface area contributed by atoms with Gasteiger partial charge in [-0.25, -0.2) is 9.78 Å². The van der Waals surface area contributed by atoms with Crippen LogP contribution in [0, 0.1) is 0 Å². The summed E-state index contributed by atoms with van der Waals surface area (Å²) in [6, 6.07) is 16.8. The number of rotatable bonds is 7. The van der Waals surface area contributed by atoms with Crippen molar-refractivity contribution in [1.82, 2.24) is 4.98 Å². The average Bonchev–Trinajstić information content (AvgIpc) is 2.74. The Morgan fingerprint density at radius 1 is 1.03 bits per heavy atom. The van der Waals surface area contributed by atoms with Gasteiger partial charge >= 0.3 is 5.97 Å². The van der Waals surface area contributed by atoms with Crippen molar-refractivity contribution in [1.29, 1.82) is 0 Å². The molecule has 7 nitrogen and oxygen atoms in total. The summed E-state index contributed by atoms with van der Waals surface area (Å²) >= 11 is 0. The second-order valence-corrected chi connectivity index (χ2v) is 6.09. The first kappa shape index (κ1) is 20.0. The number of ether oxygens (including phenoxy) is 2. The standard InChI is InChI=1S/C22H21N3O4/c1-2-28-22(27)17-6-3-7-18(12-17)25-21(26)16-5-4-8-19(13-16)29-20-11-15(14-23)9-10-24-20/h3-13H,2,14,23H2,1H3,(H,25,26). The first-order valence-corrected chi connectivity index (χ1v) is 9.10. The Balaban J connectivity index is 1.72. The molecule has 148 valence electrons. The van der Waals surface area contributed by atoms with E-state index in [1.54, 1.807) is 73.8 Å². The smallest absolute Gasteiger partial charge is 0.338 e. The highest BCUT2D eigenvalue weighted by atomic mass is 16.5. The summed E-state index contributed by atoms with van der Waals surface area (Å²) in [6.45, 7) is 2.40. The molecule has 2 aromatic carbocycles. The van der Waals surface area contributed by atoms with Gasteiger partial charge in [-0.1, -0.05) is 12.1 Å². The minimum absolute atomic E-state index is 0.283. The van der Waals surface area contributed by atoms with Gasteiger partial charge in [-0.3, -0.25) is 4.79 Å². The minimum atomic E-state index is -0.439. The number of aromatic nitrogens is 1. The van der Waals surface area contributed by atoms with Crippen LogP contribution in [0.3, 0.4) is 0 Å². The maximum Gasteiger partial charge on any atom is 0.338 e. The van der Waals surface area contributed by atoms with Crippen LogP contribution in [-0.4, -0.2) is 23.5 Å². The summed E-state index contributed by atoms with van der Waals surface area (Å²) < 4.78 is 10.7. The summed E-state index contributed by atoms with van der Waals surface area (Å²) in [6.07, 6.45) is 1.62. The first-order chi connectivity index (χ1) is 14.1. The molecule has 1 amide bonds. The Bertz CT molecular complexity index is 1020. The molecule has 1 heterocycles. The second kappa shape index (κ2) is 9.48. The predicted molar refractivity (Wildman–Crippen MR) is 109 cm³/mol. The fourth-order valence-electron chi connectivity index (χ4n) is 2.60. The van der Waals surface area contributed by atoms with Crippen LogP contribution in [0.2, 0.25) is 0 Å². The number of benzene rings is 2. The highest BCUT2D eigenvalue weighted by Gasteiger charge is 2.11. The van der Waals surface area contributed by atoms with Crippen molar-refractivity contribution in [2.75, 3.05) is 11.9 Å². The molecule has 0 aliphatic heterocycles. The van der Waals surface area contributed by atoms with E-state index >= 15 is 0 Å². The van der Waals surface area contributed by atoms with E-state index in [4.69, 9.17) is 15.2 Å². The lowest BCUT2D eigenvalue weighted by Gasteiger charge is -2.09. The summed E-state index contributed by atoms with van der Waals surface area (Å²) in [5.41, 5.74) is 7.78. The number of esters is 1. The number of carbonyl (C=O) groups is 2. The van der Waals surface area contributed by atoms with Gasteiger partial charge in [0.2, 0.25) is 5.88 Å². The molecule has 29 heavy (non-hydrogen) atoms. The molecule has 7 heteroatoms. The Morgan fingerprint density at radius 2 is 1.83 bits per heavy atom. The van der Waals surface area contributed by atoms with Gasteiger partial charge in [-0.05, 0) is 55.0 Å². The van der Waals surface area contributed by atoms with Gasteiger partial charge in [-0.2, -0.15) is 0 Å². The number of hydrogen-bond donors (Lipinski definition) is 2. The third-order valence-electron chi connectivity index (χ3n) is 3.99. The summed E-state index contributed by atoms with van der Waals surface area (Å²) in [5, 5.41) is 2.77. The summed E-state index contributed by atoms with van der Waals surface area (Å²) in [7, 11) is 0. The number of pyridine rings is 1. The van der Waals surface area contributed by atoms with Crippen LogP contribution in [0.25, 0.3) is 0 Å². The Labute approximate surface area is 168 Å². The molecule has 0 spiro atoms. The molecule has 0 unspecified atom stereocenters. The molecule has 1 aromatic heterocycles. The lowest BCUT2D eigenvalue weighted by Crippen LogP contribution is -2.13. The van der Waals surface area contributed by atoms with E-state index < -0.39 is 5.97 Å². The van der Waals surface area contributed by atoms with Gasteiger partial charge in [0, 0.05) is 30.1 Å². The zero-order chi connectivity index (χ0) is 20.6. The lowest BCUT2D eigenvalue weighted by atomic mass is 10.1. The van der Waals surface area contributed by atoms with Crippen LogP contribution in [0.5, 0.6) is 11.6 Å². The van der Waals surface area contributed by atoms with Crippen molar-refractivity contribution in [2.45, 2.75) is 13.5 Å². The van der Waals surface area contributed by atoms with E-state index in [0.717, 1.165) is 5.56 Å². The van der Waals surface area contributed by atoms with Crippen LogP contribution in [0.4, 0.5) is 5.69 Å². The van der Waals surface area contributed by atoms with E-state index in [9.17, 15) is 9.59 Å². The van der Waals surface area contributed by atoms with Gasteiger partial charge in [0.25, 0.3) is 5.91 Å². The van der Waals surface area contributed by atoms with E-state index in [1.165, 1.54) is 0 Å². The fraction of sp³-hybridized carbons (Fsp3) is 0.136. The number of nitrogens with one attached hydrogen (secondary N) is 1. The van der Waals surface area contributed by atoms with Crippen molar-refractivity contribution < 1.29 is 19.1 Å². The van der Waals surface area contributed by atoms with Gasteiger partial charge in [-0.15, -0.1) is 0 Å². The minimum Gasteiger partial charge on any atom is -0.462 e. The van der Waals surface area contributed by atoms with Crippen LogP contribution in [0.1, 0.15) is 33.2 Å². The monoisotopic (exact) mass is 391 g/mol. The molecule has 0 atom stereocenters. The molecule has 0 bridgehead atoms. The lowest BCUT2D eigenvalue weighted by molar-refractivity contribution is 0.0526. The third-order valence-corrected chi connectivity index (χ3v) is 3.99. The van der Waals surface area contributed by atoms with Gasteiger partial charge < -0.3 is 20.5 Å². The second-order valence-electron chi connectivity index (χ2n) is 6.09. The van der Waals surface area contributed by atoms with Crippen LogP contribution >= 0.6 is 0 Å². The molecule has 0 radical (unpaired) electrons. The highest BCUT2D eigenvalue weighted by Crippen LogP contribution is 2.22. The SMILES string of the molecule is CCOC(=O)c1cccc(NC(=O)c2cccc(Oc3cc(CN)ccn3)c2)c1. The third kappa shape index (κ3) is 5.40. The summed E-state index contributed by atoms with van der Waals surface area (Å²) in [4.78, 5) is 28.6. The topological polar surface area (TPSA) is 104 Å². The molecule has 3 aromatic rings. The Morgan fingerprint density at radius 3 is 2.62 bits per heavy atom. The Hall–Kier alpha value is -3.71. The number of amides is 1. The fourth-order valence-corrected chi connectivity index (χ4v) is 2.60. The van der Waals surface area contributed by atoms with E-state index in [0.29, 0.717) is 35.0 Å². The van der Waals surface area contributed by atoms with Crippen LogP contribution < -0.4 is 15.8 Å². The van der Waals surface area contributed by atoms with Crippen molar-refractivity contribution >= 4 is 17.6 Å². The summed E-state index contributed by atoms with van der Waals surface area (Å²) in [5.74, 6) is 0.0959. The maximum absolute atomic E-state index is 12.6. The number of hydrogen-bond acceptors (Lipinski definition) is 6. The van der Waals surface area contributed by atoms with Crippen molar-refractivity contribution in [3.8, 4) is 11.6 Å². The van der Waals surface area contributed by atoms with E-state index in [2.05, 4.69) is 10.3 Å². The molecular formula is C22H21N3O4. The van der Waals surface area contributed by atoms with Gasteiger partial charge in [0.15, 0.2) is 0 Å². The molecule has 0 fully saturated rings. The molecule has 0 aliphatic carbocycles. The molecule has 0 saturated heterocycles. The highest BCUT2D eigenvalue weighted by molar-refractivity contribution is 6.05. The van der Waals surface area contributed by atoms with Crippen molar-refractivity contribution in [2.24, 2.45) is 5.73 Å². The van der Waals surface area contributed by atoms with E-state index in [1.807, 2.05) is 0 Å². The normalized spacial score (nSPS) is 10.3. The zero-order valence-electron chi connectivity index (χ0n) is 15.9. The van der Waals surface area contributed by atoms with Crippen LogP contribution in [0.15, 0.2) is 66.9 Å². The number of carbonyl (C=O) groups excluding carboxylic acids is 2. The number of nitrogens with two attached hydrogens (primary N) is 1. The molecule has 0 aliphatic rings. The molecule has 0 saturated carbocycles. The zero-order valence-corrected chi connectivity index (χ0v) is 15.9. The Kier molecular flexibility index (Phi) is 6.55. The molecule has 3 N–H and O–H groups in total. The van der Waals surface area contributed by atoms with Gasteiger partial charge in [0.1, 0.15) is 5.75 Å². The van der Waals surface area contributed by atoms with Crippen LogP contribution in [-0.2, 0) is 11.3 Å². The predicted octanol–water partition coefficient (Wildman–Crippen LogP) is 3.76. The van der Waals surface area contributed by atoms with Gasteiger partial charge in [0.05, 0.1) is 12.2 Å². The van der Waals surface area contributed by atoms with Crippen molar-refractivity contribution in [3.63, 3.8) is 0 Å².